The highest BCUT2D eigenvalue weighted by atomic mass is 19.1. The number of benzene rings is 1. The molecule has 4 aromatic rings. The molecule has 202 valence electrons. The Hall–Kier alpha value is -4.09. The van der Waals surface area contributed by atoms with E-state index in [0.717, 1.165) is 31.4 Å². The lowest BCUT2D eigenvalue weighted by molar-refractivity contribution is -0.166. The molecule has 11 heteroatoms. The number of hydrogen-bond donors (Lipinski definition) is 1. The van der Waals surface area contributed by atoms with Gasteiger partial charge in [0.25, 0.3) is 0 Å². The quantitative estimate of drug-likeness (QED) is 0.312. The van der Waals surface area contributed by atoms with Crippen LogP contribution in [0.15, 0.2) is 55.2 Å². The van der Waals surface area contributed by atoms with Crippen LogP contribution in [0.2, 0.25) is 0 Å². The van der Waals surface area contributed by atoms with Crippen molar-refractivity contribution in [2.75, 3.05) is 18.5 Å². The molecule has 3 aromatic heterocycles. The molecule has 0 saturated carbocycles. The van der Waals surface area contributed by atoms with Gasteiger partial charge >= 0.3 is 0 Å². The van der Waals surface area contributed by atoms with Crippen molar-refractivity contribution in [1.82, 2.24) is 19.5 Å². The number of rotatable bonds is 9. The molecule has 0 radical (unpaired) electrons. The summed E-state index contributed by atoms with van der Waals surface area (Å²) in [5.41, 5.74) is 1.39. The molecular formula is C28H27F2N5O4. The molecule has 1 unspecified atom stereocenters. The van der Waals surface area contributed by atoms with Crippen molar-refractivity contribution in [2.45, 2.75) is 44.9 Å². The van der Waals surface area contributed by atoms with Crippen LogP contribution in [-0.2, 0) is 20.7 Å². The maximum Gasteiger partial charge on any atom is 0.230 e. The highest BCUT2D eigenvalue weighted by molar-refractivity contribution is 6.15. The molecule has 9 nitrogen and oxygen atoms in total. The van der Waals surface area contributed by atoms with Gasteiger partial charge in [-0.3, -0.25) is 9.59 Å². The summed E-state index contributed by atoms with van der Waals surface area (Å²) in [4.78, 5) is 38.4. The number of anilines is 1. The van der Waals surface area contributed by atoms with Crippen molar-refractivity contribution < 1.29 is 27.8 Å². The van der Waals surface area contributed by atoms with E-state index < -0.39 is 17.5 Å². The molecule has 0 bridgehead atoms. The fourth-order valence-corrected chi connectivity index (χ4v) is 4.46. The third-order valence-electron chi connectivity index (χ3n) is 6.53. The second-order valence-corrected chi connectivity index (χ2v) is 9.41. The first-order chi connectivity index (χ1) is 18.9. The van der Waals surface area contributed by atoms with Crippen LogP contribution in [0.3, 0.4) is 0 Å². The Kier molecular flexibility index (Phi) is 7.99. The van der Waals surface area contributed by atoms with Gasteiger partial charge in [-0.1, -0.05) is 6.07 Å². The largest absolute Gasteiger partial charge is 0.353 e. The summed E-state index contributed by atoms with van der Waals surface area (Å²) in [5.74, 6) is -2.13. The number of nitrogens with one attached hydrogen (secondary N) is 1. The normalized spacial score (nSPS) is 16.2. The summed E-state index contributed by atoms with van der Waals surface area (Å²) in [6.07, 6.45) is 8.58. The summed E-state index contributed by atoms with van der Waals surface area (Å²) in [7, 11) is 0. The second-order valence-electron chi connectivity index (χ2n) is 9.41. The topological polar surface area (TPSA) is 108 Å². The summed E-state index contributed by atoms with van der Waals surface area (Å²) in [5, 5.41) is 3.16. The van der Waals surface area contributed by atoms with Crippen LogP contribution in [0.1, 0.15) is 53.7 Å². The number of halogens is 2. The van der Waals surface area contributed by atoms with Crippen LogP contribution >= 0.6 is 0 Å². The monoisotopic (exact) mass is 535 g/mol. The van der Waals surface area contributed by atoms with Crippen molar-refractivity contribution >= 4 is 28.5 Å². The van der Waals surface area contributed by atoms with Crippen LogP contribution in [0, 0.1) is 11.6 Å². The lowest BCUT2D eigenvalue weighted by Crippen LogP contribution is -2.25. The Balaban J connectivity index is 1.28. The predicted octanol–water partition coefficient (Wildman–Crippen LogP) is 4.62. The van der Waals surface area contributed by atoms with Crippen LogP contribution in [-0.4, -0.2) is 50.7 Å². The van der Waals surface area contributed by atoms with E-state index in [9.17, 15) is 18.4 Å². The first-order valence-electron chi connectivity index (χ1n) is 12.7. The van der Waals surface area contributed by atoms with Gasteiger partial charge in [-0.2, -0.15) is 0 Å². The minimum absolute atomic E-state index is 0.0604. The number of ether oxygens (including phenoxy) is 2. The molecular weight excluding hydrogens is 508 g/mol. The molecule has 5 rings (SSSR count). The minimum Gasteiger partial charge on any atom is -0.353 e. The Morgan fingerprint density at radius 2 is 2.05 bits per heavy atom. The summed E-state index contributed by atoms with van der Waals surface area (Å²) in [6, 6.07) is 5.95. The number of hydrogen-bond acceptors (Lipinski definition) is 7. The highest BCUT2D eigenvalue weighted by Gasteiger charge is 2.22. The number of ketones is 1. The number of aromatic nitrogens is 4. The number of fused-ring (bicyclic) bond motifs is 1. The molecule has 1 aliphatic heterocycles. The Morgan fingerprint density at radius 1 is 1.18 bits per heavy atom. The van der Waals surface area contributed by atoms with Crippen molar-refractivity contribution in [3.05, 3.63) is 83.6 Å². The zero-order valence-electron chi connectivity index (χ0n) is 21.3. The van der Waals surface area contributed by atoms with Gasteiger partial charge in [-0.15, -0.1) is 0 Å². The standard InChI is InChI=1S/C28H27F2N5O4/c1-17(15-39-26-4-2-3-9-38-26)35-14-22(21-13-31-16-33-28(21)35)27(37)19-6-8-24(32-12-19)34-25(36)10-18-5-7-20(29)11-23(18)30/h5-8,11-14,16-17,26H,2-4,9-10,15H2,1H3,(H,32,34,36)/t17-,26?/m0/s1. The smallest absolute Gasteiger partial charge is 0.230 e. The molecule has 1 N–H and O–H groups in total. The van der Waals surface area contributed by atoms with Crippen LogP contribution < -0.4 is 5.32 Å². The van der Waals surface area contributed by atoms with E-state index in [0.29, 0.717) is 35.4 Å². The molecule has 0 aliphatic carbocycles. The van der Waals surface area contributed by atoms with E-state index in [1.807, 2.05) is 11.5 Å². The number of pyridine rings is 1. The lowest BCUT2D eigenvalue weighted by atomic mass is 10.1. The SMILES string of the molecule is C[C@@H](COC1CCCCO1)n1cc(C(=O)c2ccc(NC(=O)Cc3ccc(F)cc3F)nc2)c2cncnc21. The first-order valence-corrected chi connectivity index (χ1v) is 12.7. The Bertz CT molecular complexity index is 1490. The Morgan fingerprint density at radius 3 is 2.79 bits per heavy atom. The van der Waals surface area contributed by atoms with Gasteiger partial charge in [0.15, 0.2) is 12.1 Å². The molecule has 4 heterocycles. The molecule has 2 atom stereocenters. The average molecular weight is 536 g/mol. The van der Waals surface area contributed by atoms with Gasteiger partial charge in [-0.25, -0.2) is 23.7 Å². The van der Waals surface area contributed by atoms with Crippen LogP contribution in [0.4, 0.5) is 14.6 Å². The van der Waals surface area contributed by atoms with Gasteiger partial charge < -0.3 is 19.4 Å². The van der Waals surface area contributed by atoms with E-state index in [-0.39, 0.29) is 35.9 Å². The predicted molar refractivity (Wildman–Crippen MR) is 138 cm³/mol. The van der Waals surface area contributed by atoms with Gasteiger partial charge in [-0.05, 0) is 49.9 Å². The maximum absolute atomic E-state index is 13.8. The van der Waals surface area contributed by atoms with Gasteiger partial charge in [0, 0.05) is 42.2 Å². The third-order valence-corrected chi connectivity index (χ3v) is 6.53. The van der Waals surface area contributed by atoms with Crippen LogP contribution in [0.5, 0.6) is 0 Å². The van der Waals surface area contributed by atoms with E-state index in [1.54, 1.807) is 18.5 Å². The van der Waals surface area contributed by atoms with Crippen LogP contribution in [0.25, 0.3) is 11.0 Å². The highest BCUT2D eigenvalue weighted by Crippen LogP contribution is 2.26. The van der Waals surface area contributed by atoms with E-state index in [2.05, 4.69) is 20.3 Å². The van der Waals surface area contributed by atoms with Gasteiger partial charge in [0.1, 0.15) is 29.4 Å². The van der Waals surface area contributed by atoms with Gasteiger partial charge in [0.2, 0.25) is 5.91 Å². The lowest BCUT2D eigenvalue weighted by Gasteiger charge is -2.24. The molecule has 1 fully saturated rings. The molecule has 1 saturated heterocycles. The molecule has 1 aliphatic rings. The van der Waals surface area contributed by atoms with E-state index >= 15 is 0 Å². The molecule has 0 spiro atoms. The van der Waals surface area contributed by atoms with E-state index in [1.165, 1.54) is 24.7 Å². The minimum atomic E-state index is -0.801. The number of nitrogens with zero attached hydrogens (tertiary/aromatic N) is 4. The number of carbonyl (C=O) groups excluding carboxylic acids is 2. The maximum atomic E-state index is 13.8. The second kappa shape index (κ2) is 11.7. The molecule has 1 aromatic carbocycles. The zero-order chi connectivity index (χ0) is 27.4. The first kappa shape index (κ1) is 26.5. The molecule has 1 amide bonds. The number of carbonyl (C=O) groups is 2. The fourth-order valence-electron chi connectivity index (χ4n) is 4.46. The number of amides is 1. The van der Waals surface area contributed by atoms with Crippen molar-refractivity contribution in [3.63, 3.8) is 0 Å². The average Bonchev–Trinajstić information content (AvgIpc) is 3.34. The summed E-state index contributed by atoms with van der Waals surface area (Å²) < 4.78 is 40.4. The van der Waals surface area contributed by atoms with Crippen molar-refractivity contribution in [1.29, 1.82) is 0 Å². The Labute approximate surface area is 223 Å². The van der Waals surface area contributed by atoms with Crippen molar-refractivity contribution in [2.24, 2.45) is 0 Å². The summed E-state index contributed by atoms with van der Waals surface area (Å²) >= 11 is 0. The molecule has 39 heavy (non-hydrogen) atoms. The zero-order valence-corrected chi connectivity index (χ0v) is 21.3. The van der Waals surface area contributed by atoms with Gasteiger partial charge in [0.05, 0.1) is 24.6 Å². The van der Waals surface area contributed by atoms with E-state index in [4.69, 9.17) is 9.47 Å². The summed E-state index contributed by atoms with van der Waals surface area (Å²) in [6.45, 7) is 3.07. The van der Waals surface area contributed by atoms with Crippen molar-refractivity contribution in [3.8, 4) is 0 Å². The third kappa shape index (κ3) is 6.15. The fraction of sp³-hybridized carbons (Fsp3) is 0.321.